The highest BCUT2D eigenvalue weighted by molar-refractivity contribution is 5.80. The maximum Gasteiger partial charge on any atom is 0.0597 e. The first-order valence-electron chi connectivity index (χ1n) is 6.71. The van der Waals surface area contributed by atoms with Crippen LogP contribution in [0.4, 0.5) is 0 Å². The molecule has 0 bridgehead atoms. The molecule has 2 aromatic carbocycles. The molecule has 2 heteroatoms. The number of hydrogen-bond donors (Lipinski definition) is 1. The Morgan fingerprint density at radius 1 is 0.895 bits per heavy atom. The van der Waals surface area contributed by atoms with Gasteiger partial charge in [0.1, 0.15) is 0 Å². The summed E-state index contributed by atoms with van der Waals surface area (Å²) in [5.41, 5.74) is 8.39. The third-order valence-electron chi connectivity index (χ3n) is 3.59. The lowest BCUT2D eigenvalue weighted by Gasteiger charge is -2.20. The minimum Gasteiger partial charge on any atom is -0.340 e. The summed E-state index contributed by atoms with van der Waals surface area (Å²) in [4.78, 5) is 0. The SMILES string of the molecule is NCCC(c1ccccc1)n1ccc2ccccc21. The number of para-hydroxylation sites is 1. The van der Waals surface area contributed by atoms with E-state index in [1.807, 2.05) is 0 Å². The molecule has 0 fully saturated rings. The number of nitrogens with zero attached hydrogens (tertiary/aromatic N) is 1. The van der Waals surface area contributed by atoms with Gasteiger partial charge in [-0.15, -0.1) is 0 Å². The van der Waals surface area contributed by atoms with E-state index in [2.05, 4.69) is 71.4 Å². The number of benzene rings is 2. The highest BCUT2D eigenvalue weighted by Gasteiger charge is 2.14. The van der Waals surface area contributed by atoms with Gasteiger partial charge in [0.25, 0.3) is 0 Å². The average molecular weight is 250 g/mol. The maximum atomic E-state index is 5.80. The molecule has 19 heavy (non-hydrogen) atoms. The van der Waals surface area contributed by atoms with Gasteiger partial charge in [0.2, 0.25) is 0 Å². The largest absolute Gasteiger partial charge is 0.340 e. The summed E-state index contributed by atoms with van der Waals surface area (Å²) < 4.78 is 2.33. The molecule has 0 saturated carbocycles. The first kappa shape index (κ1) is 12.0. The summed E-state index contributed by atoms with van der Waals surface area (Å²) in [6.07, 6.45) is 3.11. The van der Waals surface area contributed by atoms with Gasteiger partial charge in [-0.2, -0.15) is 0 Å². The summed E-state index contributed by atoms with van der Waals surface area (Å²) in [6, 6.07) is 21.5. The number of fused-ring (bicyclic) bond motifs is 1. The van der Waals surface area contributed by atoms with E-state index in [9.17, 15) is 0 Å². The second kappa shape index (κ2) is 5.29. The highest BCUT2D eigenvalue weighted by Crippen LogP contribution is 2.27. The smallest absolute Gasteiger partial charge is 0.0597 e. The molecule has 0 spiro atoms. The Kier molecular flexibility index (Phi) is 3.34. The number of rotatable bonds is 4. The molecule has 1 aromatic heterocycles. The quantitative estimate of drug-likeness (QED) is 0.754. The van der Waals surface area contributed by atoms with Crippen LogP contribution >= 0.6 is 0 Å². The van der Waals surface area contributed by atoms with Gasteiger partial charge in [-0.3, -0.25) is 0 Å². The summed E-state index contributed by atoms with van der Waals surface area (Å²) >= 11 is 0. The van der Waals surface area contributed by atoms with Crippen molar-refractivity contribution in [3.63, 3.8) is 0 Å². The minimum absolute atomic E-state index is 0.311. The van der Waals surface area contributed by atoms with Crippen LogP contribution in [0.2, 0.25) is 0 Å². The Bertz CT molecular complexity index is 655. The number of nitrogens with two attached hydrogens (primary N) is 1. The molecule has 2 N–H and O–H groups in total. The van der Waals surface area contributed by atoms with Crippen molar-refractivity contribution in [1.29, 1.82) is 0 Å². The molecule has 0 aliphatic carbocycles. The Morgan fingerprint density at radius 3 is 2.42 bits per heavy atom. The minimum atomic E-state index is 0.311. The molecule has 0 saturated heterocycles. The van der Waals surface area contributed by atoms with Crippen LogP contribution in [-0.4, -0.2) is 11.1 Å². The standard InChI is InChI=1S/C17H18N2/c18-12-10-17(14-6-2-1-3-7-14)19-13-11-15-8-4-5-9-16(15)19/h1-9,11,13,17H,10,12,18H2. The van der Waals surface area contributed by atoms with Crippen molar-refractivity contribution in [1.82, 2.24) is 4.57 Å². The molecule has 0 radical (unpaired) electrons. The van der Waals surface area contributed by atoms with Crippen LogP contribution in [-0.2, 0) is 0 Å². The molecule has 1 unspecified atom stereocenters. The van der Waals surface area contributed by atoms with Crippen molar-refractivity contribution in [3.8, 4) is 0 Å². The Labute approximate surface area is 113 Å². The van der Waals surface area contributed by atoms with Gasteiger partial charge in [0.05, 0.1) is 6.04 Å². The van der Waals surface area contributed by atoms with Gasteiger partial charge in [0.15, 0.2) is 0 Å². The molecular formula is C17H18N2. The lowest BCUT2D eigenvalue weighted by Crippen LogP contribution is -2.14. The van der Waals surface area contributed by atoms with E-state index in [1.165, 1.54) is 16.5 Å². The Morgan fingerprint density at radius 2 is 1.63 bits per heavy atom. The van der Waals surface area contributed by atoms with E-state index >= 15 is 0 Å². The molecule has 3 rings (SSSR count). The molecule has 1 atom stereocenters. The molecule has 2 nitrogen and oxygen atoms in total. The third kappa shape index (κ3) is 2.27. The molecule has 1 heterocycles. The average Bonchev–Trinajstić information content (AvgIpc) is 2.89. The molecule has 96 valence electrons. The molecule has 3 aromatic rings. The Balaban J connectivity index is 2.10. The van der Waals surface area contributed by atoms with E-state index in [-0.39, 0.29) is 0 Å². The van der Waals surface area contributed by atoms with Crippen LogP contribution in [0.1, 0.15) is 18.0 Å². The second-order valence-electron chi connectivity index (χ2n) is 4.79. The fourth-order valence-corrected chi connectivity index (χ4v) is 2.68. The summed E-state index contributed by atoms with van der Waals surface area (Å²) in [5.74, 6) is 0. The van der Waals surface area contributed by atoms with E-state index in [0.29, 0.717) is 12.6 Å². The van der Waals surface area contributed by atoms with Gasteiger partial charge in [-0.1, -0.05) is 48.5 Å². The van der Waals surface area contributed by atoms with Gasteiger partial charge < -0.3 is 10.3 Å². The highest BCUT2D eigenvalue weighted by atomic mass is 15.0. The van der Waals surface area contributed by atoms with E-state index < -0.39 is 0 Å². The van der Waals surface area contributed by atoms with Crippen molar-refractivity contribution in [2.24, 2.45) is 5.73 Å². The zero-order valence-corrected chi connectivity index (χ0v) is 10.9. The van der Waals surface area contributed by atoms with Gasteiger partial charge >= 0.3 is 0 Å². The Hall–Kier alpha value is -2.06. The second-order valence-corrected chi connectivity index (χ2v) is 4.79. The van der Waals surface area contributed by atoms with Crippen molar-refractivity contribution >= 4 is 10.9 Å². The third-order valence-corrected chi connectivity index (χ3v) is 3.59. The van der Waals surface area contributed by atoms with Gasteiger partial charge in [-0.05, 0) is 36.0 Å². The first-order chi connectivity index (χ1) is 9.40. The fourth-order valence-electron chi connectivity index (χ4n) is 2.68. The number of aromatic nitrogens is 1. The van der Waals surface area contributed by atoms with Gasteiger partial charge in [-0.25, -0.2) is 0 Å². The monoisotopic (exact) mass is 250 g/mol. The predicted molar refractivity (Wildman–Crippen MR) is 80.2 cm³/mol. The van der Waals surface area contributed by atoms with Crippen LogP contribution in [0.5, 0.6) is 0 Å². The van der Waals surface area contributed by atoms with Crippen LogP contribution in [0, 0.1) is 0 Å². The van der Waals surface area contributed by atoms with E-state index in [0.717, 1.165) is 6.42 Å². The molecule has 0 aliphatic heterocycles. The lowest BCUT2D eigenvalue weighted by molar-refractivity contribution is 0.564. The van der Waals surface area contributed by atoms with E-state index in [4.69, 9.17) is 5.73 Å². The molecule has 0 aliphatic rings. The van der Waals surface area contributed by atoms with Crippen LogP contribution in [0.25, 0.3) is 10.9 Å². The van der Waals surface area contributed by atoms with Crippen molar-refractivity contribution < 1.29 is 0 Å². The first-order valence-corrected chi connectivity index (χ1v) is 6.71. The van der Waals surface area contributed by atoms with Gasteiger partial charge in [0, 0.05) is 11.7 Å². The maximum absolute atomic E-state index is 5.80. The molecular weight excluding hydrogens is 232 g/mol. The zero-order valence-electron chi connectivity index (χ0n) is 10.9. The van der Waals surface area contributed by atoms with Crippen LogP contribution < -0.4 is 5.73 Å². The predicted octanol–water partition coefficient (Wildman–Crippen LogP) is 3.58. The van der Waals surface area contributed by atoms with Crippen LogP contribution in [0.3, 0.4) is 0 Å². The lowest BCUT2D eigenvalue weighted by atomic mass is 10.0. The normalized spacial score (nSPS) is 12.7. The summed E-state index contributed by atoms with van der Waals surface area (Å²) in [5, 5.41) is 1.28. The fraction of sp³-hybridized carbons (Fsp3) is 0.176. The molecule has 0 amide bonds. The summed E-state index contributed by atoms with van der Waals surface area (Å²) in [6.45, 7) is 0.687. The van der Waals surface area contributed by atoms with Crippen molar-refractivity contribution in [2.45, 2.75) is 12.5 Å². The van der Waals surface area contributed by atoms with Crippen molar-refractivity contribution in [3.05, 3.63) is 72.4 Å². The number of hydrogen-bond acceptors (Lipinski definition) is 1. The summed E-state index contributed by atoms with van der Waals surface area (Å²) in [7, 11) is 0. The topological polar surface area (TPSA) is 30.9 Å². The van der Waals surface area contributed by atoms with E-state index in [1.54, 1.807) is 0 Å². The van der Waals surface area contributed by atoms with Crippen molar-refractivity contribution in [2.75, 3.05) is 6.54 Å². The zero-order chi connectivity index (χ0) is 13.1. The van der Waals surface area contributed by atoms with Crippen LogP contribution in [0.15, 0.2) is 66.9 Å².